The Morgan fingerprint density at radius 2 is 2.06 bits per heavy atom. The summed E-state index contributed by atoms with van der Waals surface area (Å²) in [5.74, 6) is -1.31. The number of carbonyl (C=O) groups excluding carboxylic acids is 2. The minimum Gasteiger partial charge on any atom is -0.356 e. The number of carbonyl (C=O) groups is 2. The molecule has 1 aromatic rings. The number of hydrogen-bond donors (Lipinski definition) is 3. The van der Waals surface area contributed by atoms with E-state index in [4.69, 9.17) is 0 Å². The van der Waals surface area contributed by atoms with E-state index in [-0.39, 0.29) is 24.4 Å². The minimum atomic E-state index is -0.608. The van der Waals surface area contributed by atoms with Gasteiger partial charge in [0.2, 0.25) is 5.91 Å². The predicted molar refractivity (Wildman–Crippen MR) is 69.3 cm³/mol. The molecule has 4 nitrogen and oxygen atoms in total. The summed E-state index contributed by atoms with van der Waals surface area (Å²) >= 11 is 4.04. The second-order valence-corrected chi connectivity index (χ2v) is 4.14. The summed E-state index contributed by atoms with van der Waals surface area (Å²) in [4.78, 5) is 23.3. The maximum atomic E-state index is 13.4. The molecule has 0 heterocycles. The second-order valence-electron chi connectivity index (χ2n) is 3.62. The van der Waals surface area contributed by atoms with Gasteiger partial charge >= 0.3 is 0 Å². The Hall–Kier alpha value is -1.56. The molecule has 0 atom stereocenters. The van der Waals surface area contributed by atoms with E-state index >= 15 is 0 Å². The van der Waals surface area contributed by atoms with Crippen LogP contribution in [-0.4, -0.2) is 24.9 Å². The Morgan fingerprint density at radius 3 is 2.72 bits per heavy atom. The molecule has 0 saturated heterocycles. The van der Waals surface area contributed by atoms with Gasteiger partial charge in [0.15, 0.2) is 0 Å². The van der Waals surface area contributed by atoms with E-state index < -0.39 is 11.7 Å². The SMILES string of the molecule is CCNC(=O)CCNC(=O)c1cc(S)ccc1F. The molecule has 98 valence electrons. The molecule has 0 radical (unpaired) electrons. The Balaban J connectivity index is 2.50. The van der Waals surface area contributed by atoms with Gasteiger partial charge in [0.05, 0.1) is 5.56 Å². The molecular formula is C12H15FN2O2S. The summed E-state index contributed by atoms with van der Waals surface area (Å²) in [6, 6.07) is 3.99. The average molecular weight is 270 g/mol. The standard InChI is InChI=1S/C12H15FN2O2S/c1-2-14-11(16)5-6-15-12(17)9-7-8(18)3-4-10(9)13/h3-4,7,18H,2,5-6H2,1H3,(H,14,16)(H,15,17). The minimum absolute atomic E-state index is 0.0709. The lowest BCUT2D eigenvalue weighted by Gasteiger charge is -2.06. The molecule has 1 rings (SSSR count). The largest absolute Gasteiger partial charge is 0.356 e. The van der Waals surface area contributed by atoms with Crippen LogP contribution in [0.3, 0.4) is 0 Å². The zero-order valence-corrected chi connectivity index (χ0v) is 10.9. The van der Waals surface area contributed by atoms with Crippen LogP contribution in [0.1, 0.15) is 23.7 Å². The van der Waals surface area contributed by atoms with E-state index in [1.54, 1.807) is 0 Å². The summed E-state index contributed by atoms with van der Waals surface area (Å²) in [5.41, 5.74) is -0.0709. The third-order valence-electron chi connectivity index (χ3n) is 2.21. The molecule has 1 aromatic carbocycles. The Kier molecular flexibility index (Phi) is 5.64. The van der Waals surface area contributed by atoms with Gasteiger partial charge in [0, 0.05) is 24.4 Å². The van der Waals surface area contributed by atoms with Gasteiger partial charge in [-0.3, -0.25) is 9.59 Å². The van der Waals surface area contributed by atoms with Crippen molar-refractivity contribution in [2.75, 3.05) is 13.1 Å². The summed E-state index contributed by atoms with van der Waals surface area (Å²) < 4.78 is 13.4. The lowest BCUT2D eigenvalue weighted by Crippen LogP contribution is -2.31. The number of nitrogens with one attached hydrogen (secondary N) is 2. The van der Waals surface area contributed by atoms with Crippen LogP contribution in [0.4, 0.5) is 4.39 Å². The van der Waals surface area contributed by atoms with Crippen molar-refractivity contribution in [1.29, 1.82) is 0 Å². The molecule has 18 heavy (non-hydrogen) atoms. The van der Waals surface area contributed by atoms with Crippen molar-refractivity contribution in [2.45, 2.75) is 18.2 Å². The molecule has 0 spiro atoms. The van der Waals surface area contributed by atoms with E-state index in [1.807, 2.05) is 6.92 Å². The topological polar surface area (TPSA) is 58.2 Å². The molecule has 0 aliphatic carbocycles. The van der Waals surface area contributed by atoms with Crippen molar-refractivity contribution in [3.63, 3.8) is 0 Å². The highest BCUT2D eigenvalue weighted by Crippen LogP contribution is 2.13. The molecule has 6 heteroatoms. The molecule has 2 N–H and O–H groups in total. The van der Waals surface area contributed by atoms with Gasteiger partial charge in [-0.05, 0) is 25.1 Å². The number of benzene rings is 1. The third kappa shape index (κ3) is 4.37. The van der Waals surface area contributed by atoms with Crippen LogP contribution in [-0.2, 0) is 4.79 Å². The highest BCUT2D eigenvalue weighted by Gasteiger charge is 2.11. The van der Waals surface area contributed by atoms with E-state index in [0.717, 1.165) is 0 Å². The monoisotopic (exact) mass is 270 g/mol. The van der Waals surface area contributed by atoms with Crippen LogP contribution >= 0.6 is 12.6 Å². The summed E-state index contributed by atoms with van der Waals surface area (Å²) in [6.45, 7) is 2.52. The van der Waals surface area contributed by atoms with Crippen molar-refractivity contribution in [2.24, 2.45) is 0 Å². The van der Waals surface area contributed by atoms with Crippen molar-refractivity contribution < 1.29 is 14.0 Å². The first-order chi connectivity index (χ1) is 8.54. The van der Waals surface area contributed by atoms with E-state index in [2.05, 4.69) is 23.3 Å². The Labute approximate surface area is 110 Å². The summed E-state index contributed by atoms with van der Waals surface area (Å²) in [5, 5.41) is 5.09. The number of thiol groups is 1. The van der Waals surface area contributed by atoms with Crippen LogP contribution in [0.2, 0.25) is 0 Å². The highest BCUT2D eigenvalue weighted by molar-refractivity contribution is 7.80. The maximum absolute atomic E-state index is 13.4. The van der Waals surface area contributed by atoms with Crippen LogP contribution in [0.25, 0.3) is 0 Å². The fourth-order valence-corrected chi connectivity index (χ4v) is 1.56. The van der Waals surface area contributed by atoms with Crippen molar-refractivity contribution >= 4 is 24.4 Å². The van der Waals surface area contributed by atoms with Gasteiger partial charge in [-0.25, -0.2) is 4.39 Å². The molecule has 0 unspecified atom stereocenters. The first kappa shape index (κ1) is 14.5. The van der Waals surface area contributed by atoms with Crippen LogP contribution in [0.5, 0.6) is 0 Å². The summed E-state index contributed by atoms with van der Waals surface area (Å²) in [6.07, 6.45) is 0.168. The number of hydrogen-bond acceptors (Lipinski definition) is 3. The molecule has 0 fully saturated rings. The van der Waals surface area contributed by atoms with Gasteiger partial charge < -0.3 is 10.6 Å². The lowest BCUT2D eigenvalue weighted by atomic mass is 10.2. The van der Waals surface area contributed by atoms with E-state index in [1.165, 1.54) is 18.2 Å². The van der Waals surface area contributed by atoms with Crippen molar-refractivity contribution in [1.82, 2.24) is 10.6 Å². The highest BCUT2D eigenvalue weighted by atomic mass is 32.1. The lowest BCUT2D eigenvalue weighted by molar-refractivity contribution is -0.120. The van der Waals surface area contributed by atoms with Crippen LogP contribution in [0.15, 0.2) is 23.1 Å². The Bertz CT molecular complexity index is 452. The van der Waals surface area contributed by atoms with Crippen molar-refractivity contribution in [3.8, 4) is 0 Å². The molecule has 0 bridgehead atoms. The molecule has 0 aliphatic heterocycles. The molecule has 0 aromatic heterocycles. The smallest absolute Gasteiger partial charge is 0.254 e. The van der Waals surface area contributed by atoms with E-state index in [0.29, 0.717) is 11.4 Å². The number of rotatable bonds is 5. The average Bonchev–Trinajstić information content (AvgIpc) is 2.32. The first-order valence-electron chi connectivity index (χ1n) is 5.58. The predicted octanol–water partition coefficient (Wildman–Crippen LogP) is 1.37. The van der Waals surface area contributed by atoms with Gasteiger partial charge in [-0.1, -0.05) is 0 Å². The maximum Gasteiger partial charge on any atom is 0.254 e. The van der Waals surface area contributed by atoms with Gasteiger partial charge in [-0.15, -0.1) is 12.6 Å². The van der Waals surface area contributed by atoms with Crippen LogP contribution < -0.4 is 10.6 Å². The summed E-state index contributed by atoms with van der Waals surface area (Å²) in [7, 11) is 0. The number of amides is 2. The first-order valence-corrected chi connectivity index (χ1v) is 6.02. The fraction of sp³-hybridized carbons (Fsp3) is 0.333. The normalized spacial score (nSPS) is 9.94. The Morgan fingerprint density at radius 1 is 1.33 bits per heavy atom. The van der Waals surface area contributed by atoms with Crippen molar-refractivity contribution in [3.05, 3.63) is 29.6 Å². The zero-order chi connectivity index (χ0) is 13.5. The van der Waals surface area contributed by atoms with E-state index in [9.17, 15) is 14.0 Å². The van der Waals surface area contributed by atoms with Gasteiger partial charge in [0.25, 0.3) is 5.91 Å². The second kappa shape index (κ2) is 7.00. The molecular weight excluding hydrogens is 255 g/mol. The quantitative estimate of drug-likeness (QED) is 0.708. The molecule has 0 saturated carbocycles. The molecule has 0 aliphatic rings. The third-order valence-corrected chi connectivity index (χ3v) is 2.48. The van der Waals surface area contributed by atoms with Gasteiger partial charge in [-0.2, -0.15) is 0 Å². The zero-order valence-electron chi connectivity index (χ0n) is 10.00. The van der Waals surface area contributed by atoms with Crippen LogP contribution in [0, 0.1) is 5.82 Å². The fourth-order valence-electron chi connectivity index (χ4n) is 1.36. The molecule has 2 amide bonds. The number of halogens is 1. The van der Waals surface area contributed by atoms with Gasteiger partial charge in [0.1, 0.15) is 5.82 Å².